The lowest BCUT2D eigenvalue weighted by atomic mass is 9.81. The van der Waals surface area contributed by atoms with E-state index in [1.807, 2.05) is 47.9 Å². The predicted octanol–water partition coefficient (Wildman–Crippen LogP) is 5.03. The topological polar surface area (TPSA) is 110 Å². The van der Waals surface area contributed by atoms with Crippen LogP contribution >= 0.6 is 0 Å². The minimum atomic E-state index is -2.69. The number of aromatic nitrogens is 2. The predicted molar refractivity (Wildman–Crippen MR) is 147 cm³/mol. The fourth-order valence-electron chi connectivity index (χ4n) is 4.28. The van der Waals surface area contributed by atoms with E-state index in [1.54, 1.807) is 26.3 Å². The molecule has 8 nitrogen and oxygen atoms in total. The monoisotopic (exact) mass is 522 g/mol. The van der Waals surface area contributed by atoms with Crippen LogP contribution in [0.1, 0.15) is 43.4 Å². The number of rotatable bonds is 9. The van der Waals surface area contributed by atoms with Gasteiger partial charge in [0.1, 0.15) is 5.65 Å². The summed E-state index contributed by atoms with van der Waals surface area (Å²) in [6.07, 6.45) is 6.27. The minimum Gasteiger partial charge on any atom is -0.404 e. The van der Waals surface area contributed by atoms with Gasteiger partial charge in [-0.2, -0.15) is 0 Å². The van der Waals surface area contributed by atoms with Crippen LogP contribution in [0.2, 0.25) is 0 Å². The second-order valence-electron chi connectivity index (χ2n) is 10.2. The van der Waals surface area contributed by atoms with Crippen LogP contribution in [0.15, 0.2) is 64.1 Å². The summed E-state index contributed by atoms with van der Waals surface area (Å²) < 4.78 is 28.7. The molecule has 1 aliphatic carbocycles. The van der Waals surface area contributed by atoms with E-state index >= 15 is 0 Å². The number of aliphatic hydroxyl groups is 1. The van der Waals surface area contributed by atoms with Crippen LogP contribution in [0.3, 0.4) is 0 Å². The molecule has 38 heavy (non-hydrogen) atoms. The van der Waals surface area contributed by atoms with Gasteiger partial charge in [0.25, 0.3) is 0 Å². The number of aryl methyl sites for hydroxylation is 1. The second kappa shape index (κ2) is 10.8. The lowest BCUT2D eigenvalue weighted by molar-refractivity contribution is -0.0956. The molecule has 1 aromatic carbocycles. The number of hydrogen-bond acceptors (Lipinski definition) is 7. The molecule has 2 heterocycles. The van der Waals surface area contributed by atoms with Gasteiger partial charge in [-0.15, -0.1) is 0 Å². The van der Waals surface area contributed by atoms with E-state index in [2.05, 4.69) is 26.8 Å². The smallest absolute Gasteiger partial charge is 0.249 e. The highest BCUT2D eigenvalue weighted by molar-refractivity contribution is 6.09. The molecule has 1 aliphatic rings. The zero-order valence-corrected chi connectivity index (χ0v) is 21.7. The summed E-state index contributed by atoms with van der Waals surface area (Å²) in [5, 5.41) is 13.3. The van der Waals surface area contributed by atoms with Crippen molar-refractivity contribution in [1.82, 2.24) is 9.38 Å². The van der Waals surface area contributed by atoms with Crippen molar-refractivity contribution in [2.24, 2.45) is 26.8 Å². The first kappa shape index (κ1) is 27.1. The highest BCUT2D eigenvalue weighted by Crippen LogP contribution is 2.43. The van der Waals surface area contributed by atoms with Crippen molar-refractivity contribution in [3.05, 3.63) is 65.6 Å². The number of nitrogens with two attached hydrogens (primary N) is 1. The maximum Gasteiger partial charge on any atom is 0.249 e. The van der Waals surface area contributed by atoms with Crippen LogP contribution in [0, 0.1) is 12.8 Å². The fraction of sp³-hybridized carbons (Fsp3) is 0.357. The van der Waals surface area contributed by atoms with E-state index in [0.717, 1.165) is 33.6 Å². The third-order valence-corrected chi connectivity index (χ3v) is 6.32. The first-order valence-electron chi connectivity index (χ1n) is 12.3. The number of oxime groups is 1. The maximum absolute atomic E-state index is 13.4. The summed E-state index contributed by atoms with van der Waals surface area (Å²) in [7, 11) is 0. The first-order valence-corrected chi connectivity index (χ1v) is 12.3. The number of halogens is 2. The Balaban J connectivity index is 1.62. The summed E-state index contributed by atoms with van der Waals surface area (Å²) in [6, 6.07) is 9.75. The van der Waals surface area contributed by atoms with Crippen molar-refractivity contribution in [3.8, 4) is 11.3 Å². The number of aliphatic imine (C=N–C) groups is 2. The SMILES string of the molecule is C=NOC(=NCc1ccc(C)c(-c2cnc3ccc(C(C=NCC(C)(C)O)=CN)cn23)c1)C1CC(F)(F)C1. The molecule has 0 saturated heterocycles. The van der Waals surface area contributed by atoms with E-state index < -0.39 is 17.4 Å². The van der Waals surface area contributed by atoms with Crippen LogP contribution in [0.4, 0.5) is 8.78 Å². The Morgan fingerprint density at radius 1 is 1.32 bits per heavy atom. The maximum atomic E-state index is 13.4. The lowest BCUT2D eigenvalue weighted by Gasteiger charge is -2.33. The number of alkyl halides is 2. The van der Waals surface area contributed by atoms with Crippen LogP contribution in [0.25, 0.3) is 22.5 Å². The van der Waals surface area contributed by atoms with Gasteiger partial charge in [0, 0.05) is 60.8 Å². The Bertz CT molecular complexity index is 1410. The van der Waals surface area contributed by atoms with Gasteiger partial charge in [0.2, 0.25) is 11.8 Å². The zero-order chi connectivity index (χ0) is 27.5. The fourth-order valence-corrected chi connectivity index (χ4v) is 4.28. The lowest BCUT2D eigenvalue weighted by Crippen LogP contribution is -2.40. The number of imidazole rings is 1. The summed E-state index contributed by atoms with van der Waals surface area (Å²) in [4.78, 5) is 18.4. The van der Waals surface area contributed by atoms with Gasteiger partial charge in [-0.05, 0) is 50.1 Å². The molecule has 0 amide bonds. The van der Waals surface area contributed by atoms with Crippen molar-refractivity contribution in [1.29, 1.82) is 0 Å². The molecule has 0 atom stereocenters. The molecule has 0 unspecified atom stereocenters. The Morgan fingerprint density at radius 2 is 2.08 bits per heavy atom. The first-order chi connectivity index (χ1) is 18.0. The molecule has 4 rings (SSSR count). The van der Waals surface area contributed by atoms with Crippen LogP contribution in [-0.4, -0.2) is 51.4 Å². The Labute approximate surface area is 220 Å². The van der Waals surface area contributed by atoms with Gasteiger partial charge in [0.05, 0.1) is 30.6 Å². The largest absolute Gasteiger partial charge is 0.404 e. The van der Waals surface area contributed by atoms with Crippen LogP contribution in [0.5, 0.6) is 0 Å². The molecule has 0 spiro atoms. The van der Waals surface area contributed by atoms with Gasteiger partial charge in [0.15, 0.2) is 0 Å². The van der Waals surface area contributed by atoms with Crippen LogP contribution < -0.4 is 5.73 Å². The van der Waals surface area contributed by atoms with Gasteiger partial charge < -0.3 is 15.7 Å². The molecule has 0 radical (unpaired) electrons. The van der Waals surface area contributed by atoms with E-state index in [1.165, 1.54) is 6.20 Å². The molecule has 2 aromatic heterocycles. The van der Waals surface area contributed by atoms with Gasteiger partial charge in [-0.25, -0.2) is 18.8 Å². The second-order valence-corrected chi connectivity index (χ2v) is 10.2. The standard InChI is InChI=1S/C28H32F2N6O2/c1-18-5-6-19(13-35-26(38-32-4)21-10-28(29,30)11-21)9-23(18)24-15-34-25-8-7-20(16-36(24)25)22(12-31)14-33-17-27(2,3)37/h5-9,12,14-16,21,37H,4,10-11,13,17,31H2,1-3H3. The number of allylic oxidation sites excluding steroid dienone is 1. The minimum absolute atomic E-state index is 0.180. The molecule has 1 saturated carbocycles. The van der Waals surface area contributed by atoms with Crippen molar-refractivity contribution in [2.45, 2.75) is 51.7 Å². The van der Waals surface area contributed by atoms with Gasteiger partial charge >= 0.3 is 0 Å². The molecule has 0 bridgehead atoms. The van der Waals surface area contributed by atoms with E-state index in [-0.39, 0.29) is 31.8 Å². The van der Waals surface area contributed by atoms with E-state index in [9.17, 15) is 13.9 Å². The Morgan fingerprint density at radius 3 is 2.74 bits per heavy atom. The van der Waals surface area contributed by atoms with Crippen molar-refractivity contribution >= 4 is 30.1 Å². The van der Waals surface area contributed by atoms with Crippen LogP contribution in [-0.2, 0) is 11.4 Å². The number of hydrogen-bond donors (Lipinski definition) is 2. The van der Waals surface area contributed by atoms with Gasteiger partial charge in [-0.1, -0.05) is 17.3 Å². The molecule has 0 aliphatic heterocycles. The molecular weight excluding hydrogens is 490 g/mol. The van der Waals surface area contributed by atoms with E-state index in [0.29, 0.717) is 5.57 Å². The molecule has 3 N–H and O–H groups in total. The number of benzene rings is 1. The van der Waals surface area contributed by atoms with Gasteiger partial charge in [-0.3, -0.25) is 9.39 Å². The highest BCUT2D eigenvalue weighted by Gasteiger charge is 2.48. The Hall–Kier alpha value is -3.92. The van der Waals surface area contributed by atoms with E-state index in [4.69, 9.17) is 10.6 Å². The molecule has 1 fully saturated rings. The summed E-state index contributed by atoms with van der Waals surface area (Å²) in [6.45, 7) is 9.18. The summed E-state index contributed by atoms with van der Waals surface area (Å²) in [5.41, 5.74) is 11.0. The van der Waals surface area contributed by atoms with Crippen molar-refractivity contribution in [3.63, 3.8) is 0 Å². The normalized spacial score (nSPS) is 16.7. The summed E-state index contributed by atoms with van der Waals surface area (Å²) in [5.74, 6) is -2.97. The molecule has 10 heteroatoms. The molecular formula is C28H32F2N6O2. The molecule has 200 valence electrons. The third-order valence-electron chi connectivity index (χ3n) is 6.32. The quantitative estimate of drug-likeness (QED) is 0.233. The average molecular weight is 523 g/mol. The van der Waals surface area contributed by atoms with Crippen molar-refractivity contribution in [2.75, 3.05) is 6.54 Å². The number of fused-ring (bicyclic) bond motifs is 1. The molecule has 3 aromatic rings. The third kappa shape index (κ3) is 6.31. The zero-order valence-electron chi connectivity index (χ0n) is 21.7. The number of pyridine rings is 1. The summed E-state index contributed by atoms with van der Waals surface area (Å²) >= 11 is 0. The van der Waals surface area contributed by atoms with Crippen molar-refractivity contribution < 1.29 is 18.7 Å². The average Bonchev–Trinajstić information content (AvgIpc) is 3.26. The number of nitrogens with zero attached hydrogens (tertiary/aromatic N) is 5. The highest BCUT2D eigenvalue weighted by atomic mass is 19.3. The Kier molecular flexibility index (Phi) is 7.73.